The van der Waals surface area contributed by atoms with Crippen LogP contribution in [0.4, 0.5) is 0 Å². The maximum absolute atomic E-state index is 12.0. The van der Waals surface area contributed by atoms with Gasteiger partial charge in [0, 0.05) is 12.6 Å². The lowest BCUT2D eigenvalue weighted by Crippen LogP contribution is -2.43. The van der Waals surface area contributed by atoms with Crippen LogP contribution in [0, 0.1) is 0 Å². The number of rotatable bonds is 5. The number of carbonyl (C=O) groups excluding carboxylic acids is 1. The summed E-state index contributed by atoms with van der Waals surface area (Å²) in [6.45, 7) is 6.93. The van der Waals surface area contributed by atoms with E-state index in [1.807, 2.05) is 26.0 Å². The highest BCUT2D eigenvalue weighted by Crippen LogP contribution is 2.20. The molecule has 1 amide bonds. The van der Waals surface area contributed by atoms with Gasteiger partial charge in [-0.1, -0.05) is 12.1 Å². The smallest absolute Gasteiger partial charge is 0.237 e. The van der Waals surface area contributed by atoms with Crippen molar-refractivity contribution in [2.75, 3.05) is 6.54 Å². The molecule has 1 saturated heterocycles. The van der Waals surface area contributed by atoms with Gasteiger partial charge in [0.2, 0.25) is 5.91 Å². The maximum Gasteiger partial charge on any atom is 0.237 e. The molecule has 1 aliphatic heterocycles. The van der Waals surface area contributed by atoms with E-state index in [4.69, 9.17) is 4.74 Å². The largest absolute Gasteiger partial charge is 0.491 e. The van der Waals surface area contributed by atoms with E-state index in [0.29, 0.717) is 0 Å². The molecule has 1 aromatic carbocycles. The molecule has 1 fully saturated rings. The normalized spacial score (nSPS) is 20.8. The first kappa shape index (κ1) is 15.8. The molecule has 0 aromatic heterocycles. The van der Waals surface area contributed by atoms with Gasteiger partial charge in [-0.3, -0.25) is 10.1 Å². The van der Waals surface area contributed by atoms with Gasteiger partial charge in [-0.25, -0.2) is 0 Å². The first-order valence-electron chi connectivity index (χ1n) is 7.86. The third kappa shape index (κ3) is 4.74. The highest BCUT2D eigenvalue weighted by molar-refractivity contribution is 5.81. The first-order valence-corrected chi connectivity index (χ1v) is 7.86. The lowest BCUT2D eigenvalue weighted by Gasteiger charge is -2.21. The van der Waals surface area contributed by atoms with Crippen LogP contribution in [-0.4, -0.2) is 24.6 Å². The zero-order valence-corrected chi connectivity index (χ0v) is 13.2. The second kappa shape index (κ2) is 7.46. The molecule has 2 N–H and O–H groups in total. The van der Waals surface area contributed by atoms with Gasteiger partial charge in [0.1, 0.15) is 5.75 Å². The van der Waals surface area contributed by atoms with E-state index < -0.39 is 0 Å². The summed E-state index contributed by atoms with van der Waals surface area (Å²) in [4.78, 5) is 12.0. The molecule has 21 heavy (non-hydrogen) atoms. The van der Waals surface area contributed by atoms with Gasteiger partial charge in [0.15, 0.2) is 0 Å². The van der Waals surface area contributed by atoms with Gasteiger partial charge in [0.25, 0.3) is 0 Å². The van der Waals surface area contributed by atoms with Crippen LogP contribution in [0.3, 0.4) is 0 Å². The lowest BCUT2D eigenvalue weighted by atomic mass is 10.0. The number of benzene rings is 1. The maximum atomic E-state index is 12.0. The van der Waals surface area contributed by atoms with E-state index in [-0.39, 0.29) is 24.1 Å². The summed E-state index contributed by atoms with van der Waals surface area (Å²) in [6, 6.07) is 8.15. The number of amides is 1. The summed E-state index contributed by atoms with van der Waals surface area (Å²) >= 11 is 0. The van der Waals surface area contributed by atoms with Crippen LogP contribution in [-0.2, 0) is 4.79 Å². The fourth-order valence-corrected chi connectivity index (χ4v) is 2.60. The Kier molecular flexibility index (Phi) is 5.62. The first-order chi connectivity index (χ1) is 10.1. The topological polar surface area (TPSA) is 50.4 Å². The van der Waals surface area contributed by atoms with Gasteiger partial charge < -0.3 is 10.1 Å². The van der Waals surface area contributed by atoms with E-state index in [1.165, 1.54) is 5.56 Å². The molecule has 4 nitrogen and oxygen atoms in total. The third-order valence-corrected chi connectivity index (χ3v) is 3.74. The van der Waals surface area contributed by atoms with Crippen molar-refractivity contribution in [3.05, 3.63) is 29.8 Å². The summed E-state index contributed by atoms with van der Waals surface area (Å²) in [7, 11) is 0. The zero-order valence-electron chi connectivity index (χ0n) is 13.2. The minimum Gasteiger partial charge on any atom is -0.491 e. The molecule has 1 heterocycles. The Hall–Kier alpha value is -1.55. The molecule has 0 radical (unpaired) electrons. The molecule has 4 heteroatoms. The molecule has 116 valence electrons. The standard InChI is InChI=1S/C17H26N2O2/c1-12(2)21-15-9-7-14(8-10-15)13(3)19-16-6-4-5-11-18-17(16)20/h7-10,12-13,16,19H,4-6,11H2,1-3H3,(H,18,20). The minimum absolute atomic E-state index is 0.0888. The second-order valence-corrected chi connectivity index (χ2v) is 5.96. The van der Waals surface area contributed by atoms with E-state index in [0.717, 1.165) is 31.6 Å². The molecular formula is C17H26N2O2. The molecular weight excluding hydrogens is 264 g/mol. The van der Waals surface area contributed by atoms with E-state index >= 15 is 0 Å². The summed E-state index contributed by atoms with van der Waals surface area (Å²) in [6.07, 6.45) is 3.25. The van der Waals surface area contributed by atoms with Crippen LogP contribution in [0.2, 0.25) is 0 Å². The van der Waals surface area contributed by atoms with Crippen molar-refractivity contribution in [2.45, 2.75) is 58.2 Å². The number of ether oxygens (including phenoxy) is 1. The Morgan fingerprint density at radius 1 is 1.19 bits per heavy atom. The zero-order chi connectivity index (χ0) is 15.2. The average molecular weight is 290 g/mol. The average Bonchev–Trinajstić information content (AvgIpc) is 2.64. The van der Waals surface area contributed by atoms with E-state index in [1.54, 1.807) is 0 Å². The van der Waals surface area contributed by atoms with E-state index in [9.17, 15) is 4.79 Å². The monoisotopic (exact) mass is 290 g/mol. The molecule has 2 atom stereocenters. The minimum atomic E-state index is -0.0888. The highest BCUT2D eigenvalue weighted by Gasteiger charge is 2.22. The number of carbonyl (C=O) groups is 1. The van der Waals surface area contributed by atoms with Gasteiger partial charge in [-0.05, 0) is 57.7 Å². The summed E-state index contributed by atoms with van der Waals surface area (Å²) in [5.41, 5.74) is 1.17. The van der Waals surface area contributed by atoms with Crippen LogP contribution in [0.1, 0.15) is 51.6 Å². The van der Waals surface area contributed by atoms with Crippen LogP contribution in [0.5, 0.6) is 5.75 Å². The quantitative estimate of drug-likeness (QED) is 0.876. The Bertz CT molecular complexity index is 456. The number of hydrogen-bond acceptors (Lipinski definition) is 3. The number of hydrogen-bond donors (Lipinski definition) is 2. The predicted molar refractivity (Wildman–Crippen MR) is 84.4 cm³/mol. The SMILES string of the molecule is CC(C)Oc1ccc(C(C)NC2CCCCNC2=O)cc1. The molecule has 1 aliphatic rings. The van der Waals surface area contributed by atoms with Crippen LogP contribution < -0.4 is 15.4 Å². The van der Waals surface area contributed by atoms with Gasteiger partial charge in [0.05, 0.1) is 12.1 Å². The van der Waals surface area contributed by atoms with Crippen LogP contribution in [0.15, 0.2) is 24.3 Å². The van der Waals surface area contributed by atoms with Crippen molar-refractivity contribution in [3.8, 4) is 5.75 Å². The van der Waals surface area contributed by atoms with Gasteiger partial charge in [-0.15, -0.1) is 0 Å². The Labute approximate surface area is 127 Å². The van der Waals surface area contributed by atoms with Crippen molar-refractivity contribution in [1.29, 1.82) is 0 Å². The fraction of sp³-hybridized carbons (Fsp3) is 0.588. The second-order valence-electron chi connectivity index (χ2n) is 5.96. The molecule has 0 aliphatic carbocycles. The van der Waals surface area contributed by atoms with Gasteiger partial charge in [-0.2, -0.15) is 0 Å². The van der Waals surface area contributed by atoms with Crippen molar-refractivity contribution < 1.29 is 9.53 Å². The molecule has 0 spiro atoms. The Morgan fingerprint density at radius 2 is 1.90 bits per heavy atom. The molecule has 0 saturated carbocycles. The summed E-state index contributed by atoms with van der Waals surface area (Å²) in [5, 5.41) is 6.39. The lowest BCUT2D eigenvalue weighted by molar-refractivity contribution is -0.123. The van der Waals surface area contributed by atoms with Crippen LogP contribution in [0.25, 0.3) is 0 Å². The molecule has 2 unspecified atom stereocenters. The summed E-state index contributed by atoms with van der Waals surface area (Å²) in [5.74, 6) is 1.01. The fourth-order valence-electron chi connectivity index (χ4n) is 2.60. The summed E-state index contributed by atoms with van der Waals surface area (Å²) < 4.78 is 5.65. The molecule has 1 aromatic rings. The molecule has 0 bridgehead atoms. The van der Waals surface area contributed by atoms with Crippen molar-refractivity contribution in [2.24, 2.45) is 0 Å². The highest BCUT2D eigenvalue weighted by atomic mass is 16.5. The Morgan fingerprint density at radius 3 is 2.57 bits per heavy atom. The third-order valence-electron chi connectivity index (χ3n) is 3.74. The van der Waals surface area contributed by atoms with Crippen molar-refractivity contribution >= 4 is 5.91 Å². The van der Waals surface area contributed by atoms with Gasteiger partial charge >= 0.3 is 0 Å². The Balaban J connectivity index is 1.95. The van der Waals surface area contributed by atoms with Crippen LogP contribution >= 0.6 is 0 Å². The molecule has 2 rings (SSSR count). The van der Waals surface area contributed by atoms with Crippen molar-refractivity contribution in [1.82, 2.24) is 10.6 Å². The van der Waals surface area contributed by atoms with E-state index in [2.05, 4.69) is 29.7 Å². The number of nitrogens with one attached hydrogen (secondary N) is 2. The van der Waals surface area contributed by atoms with Crippen molar-refractivity contribution in [3.63, 3.8) is 0 Å². The predicted octanol–water partition coefficient (Wildman–Crippen LogP) is 2.79.